The Balaban J connectivity index is 2.15. The van der Waals surface area contributed by atoms with E-state index in [2.05, 4.69) is 25.0 Å². The topological polar surface area (TPSA) is 96.9 Å². The van der Waals surface area contributed by atoms with E-state index in [-0.39, 0.29) is 4.90 Å². The average Bonchev–Trinajstić information content (AvgIpc) is 2.96. The lowest BCUT2D eigenvalue weighted by Gasteiger charge is -2.11. The van der Waals surface area contributed by atoms with Crippen LogP contribution in [-0.2, 0) is 16.4 Å². The highest BCUT2D eigenvalue weighted by molar-refractivity contribution is 7.89. The van der Waals surface area contributed by atoms with Gasteiger partial charge in [-0.2, -0.15) is 0 Å². The zero-order valence-electron chi connectivity index (χ0n) is 12.0. The minimum Gasteiger partial charge on any atom is -0.357 e. The van der Waals surface area contributed by atoms with Crippen LogP contribution in [0.25, 0.3) is 0 Å². The Bertz CT molecular complexity index is 697. The minimum atomic E-state index is -3.67. The van der Waals surface area contributed by atoms with Crippen LogP contribution in [0.15, 0.2) is 23.5 Å². The predicted octanol–water partition coefficient (Wildman–Crippen LogP) is 1.58. The molecule has 114 valence electrons. The number of thiazole rings is 1. The van der Waals surface area contributed by atoms with Crippen LogP contribution in [-0.4, -0.2) is 30.4 Å². The molecule has 2 aromatic rings. The van der Waals surface area contributed by atoms with E-state index in [1.54, 1.807) is 20.2 Å². The summed E-state index contributed by atoms with van der Waals surface area (Å²) in [6.07, 6.45) is 5.20. The van der Waals surface area contributed by atoms with Crippen molar-refractivity contribution < 1.29 is 8.42 Å². The number of aryl methyl sites for hydroxylation is 1. The smallest absolute Gasteiger partial charge is 0.244 e. The van der Waals surface area contributed by atoms with Crippen molar-refractivity contribution >= 4 is 27.3 Å². The molecule has 0 spiro atoms. The maximum absolute atomic E-state index is 12.3. The maximum Gasteiger partial charge on any atom is 0.244 e. The first-order chi connectivity index (χ1) is 9.96. The second kappa shape index (κ2) is 6.46. The van der Waals surface area contributed by atoms with Gasteiger partial charge in [0.15, 0.2) is 0 Å². The van der Waals surface area contributed by atoms with Crippen LogP contribution in [0.5, 0.6) is 0 Å². The molecule has 0 aromatic carbocycles. The molecule has 2 aromatic heterocycles. The number of hydrogen-bond acceptors (Lipinski definition) is 7. The molecule has 7 nitrogen and oxygen atoms in total. The Hall–Kier alpha value is -1.58. The van der Waals surface area contributed by atoms with E-state index < -0.39 is 16.1 Å². The second-order valence-corrected chi connectivity index (χ2v) is 7.21. The van der Waals surface area contributed by atoms with Crippen LogP contribution < -0.4 is 10.0 Å². The first-order valence-electron chi connectivity index (χ1n) is 6.43. The molecular weight excluding hydrogens is 310 g/mol. The standard InChI is InChI=1S/C12H17N5O2S2/c1-4-9-5-14-11(20-9)8(2)17-21(18,19)10-6-15-12(13-3)16-7-10/h5-8,17H,4H2,1-3H3,(H,13,15,16). The molecule has 2 N–H and O–H groups in total. The van der Waals surface area contributed by atoms with E-state index in [0.717, 1.165) is 16.3 Å². The van der Waals surface area contributed by atoms with Gasteiger partial charge in [0, 0.05) is 18.1 Å². The van der Waals surface area contributed by atoms with Crippen LogP contribution in [0, 0.1) is 0 Å². The van der Waals surface area contributed by atoms with Gasteiger partial charge in [-0.1, -0.05) is 6.92 Å². The summed E-state index contributed by atoms with van der Waals surface area (Å²) in [7, 11) is -2.00. The molecule has 0 bridgehead atoms. The zero-order valence-corrected chi connectivity index (χ0v) is 13.6. The lowest BCUT2D eigenvalue weighted by Crippen LogP contribution is -2.27. The largest absolute Gasteiger partial charge is 0.357 e. The third-order valence-electron chi connectivity index (χ3n) is 2.78. The summed E-state index contributed by atoms with van der Waals surface area (Å²) in [5.41, 5.74) is 0. The van der Waals surface area contributed by atoms with E-state index in [1.165, 1.54) is 23.7 Å². The molecule has 1 atom stereocenters. The summed E-state index contributed by atoms with van der Waals surface area (Å²) in [6, 6.07) is -0.399. The Morgan fingerprint density at radius 1 is 1.24 bits per heavy atom. The van der Waals surface area contributed by atoms with Gasteiger partial charge in [-0.3, -0.25) is 0 Å². The Labute approximate surface area is 127 Å². The summed E-state index contributed by atoms with van der Waals surface area (Å²) >= 11 is 1.50. The SMILES string of the molecule is CCc1cnc(C(C)NS(=O)(=O)c2cnc(NC)nc2)s1. The van der Waals surface area contributed by atoms with Gasteiger partial charge in [-0.15, -0.1) is 11.3 Å². The number of nitrogens with zero attached hydrogens (tertiary/aromatic N) is 3. The molecule has 0 saturated heterocycles. The molecule has 2 rings (SSSR count). The molecule has 0 aliphatic heterocycles. The Morgan fingerprint density at radius 2 is 1.90 bits per heavy atom. The number of hydrogen-bond donors (Lipinski definition) is 2. The summed E-state index contributed by atoms with van der Waals surface area (Å²) < 4.78 is 27.1. The fourth-order valence-electron chi connectivity index (χ4n) is 1.62. The molecule has 1 unspecified atom stereocenters. The Morgan fingerprint density at radius 3 is 2.43 bits per heavy atom. The minimum absolute atomic E-state index is 0.0284. The summed E-state index contributed by atoms with van der Waals surface area (Å²) in [5, 5.41) is 3.47. The van der Waals surface area contributed by atoms with Crippen molar-refractivity contribution in [3.8, 4) is 0 Å². The van der Waals surface area contributed by atoms with Crippen molar-refractivity contribution in [2.45, 2.75) is 31.2 Å². The molecule has 0 aliphatic rings. The molecule has 2 heterocycles. The lowest BCUT2D eigenvalue weighted by molar-refractivity contribution is 0.565. The van der Waals surface area contributed by atoms with Gasteiger partial charge < -0.3 is 5.32 Å². The van der Waals surface area contributed by atoms with Gasteiger partial charge >= 0.3 is 0 Å². The summed E-state index contributed by atoms with van der Waals surface area (Å²) in [5.74, 6) is 0.370. The average molecular weight is 327 g/mol. The first kappa shape index (κ1) is 15.8. The van der Waals surface area contributed by atoms with E-state index in [9.17, 15) is 8.42 Å². The van der Waals surface area contributed by atoms with Gasteiger partial charge in [0.2, 0.25) is 16.0 Å². The van der Waals surface area contributed by atoms with Crippen LogP contribution in [0.2, 0.25) is 0 Å². The fourth-order valence-corrected chi connectivity index (χ4v) is 3.65. The monoisotopic (exact) mass is 327 g/mol. The highest BCUT2D eigenvalue weighted by Gasteiger charge is 2.21. The number of aromatic nitrogens is 3. The molecule has 0 saturated carbocycles. The summed E-state index contributed by atoms with van der Waals surface area (Å²) in [6.45, 7) is 3.80. The van der Waals surface area contributed by atoms with Crippen molar-refractivity contribution in [2.75, 3.05) is 12.4 Å². The second-order valence-electron chi connectivity index (χ2n) is 4.35. The van der Waals surface area contributed by atoms with Crippen molar-refractivity contribution in [1.82, 2.24) is 19.7 Å². The molecule has 0 radical (unpaired) electrons. The van der Waals surface area contributed by atoms with Crippen molar-refractivity contribution in [2.24, 2.45) is 0 Å². The van der Waals surface area contributed by atoms with E-state index in [1.807, 2.05) is 6.92 Å². The van der Waals surface area contributed by atoms with E-state index in [4.69, 9.17) is 0 Å². The third-order valence-corrected chi connectivity index (χ3v) is 5.60. The van der Waals surface area contributed by atoms with Crippen molar-refractivity contribution in [1.29, 1.82) is 0 Å². The quantitative estimate of drug-likeness (QED) is 0.836. The molecule has 0 fully saturated rings. The number of anilines is 1. The van der Waals surface area contributed by atoms with Crippen LogP contribution in [0.4, 0.5) is 5.95 Å². The maximum atomic E-state index is 12.3. The molecule has 0 aliphatic carbocycles. The van der Waals surface area contributed by atoms with Gasteiger partial charge in [0.1, 0.15) is 9.90 Å². The summed E-state index contributed by atoms with van der Waals surface area (Å²) in [4.78, 5) is 13.2. The normalized spacial score (nSPS) is 13.1. The van der Waals surface area contributed by atoms with Gasteiger partial charge in [0.05, 0.1) is 18.4 Å². The number of rotatable bonds is 6. The first-order valence-corrected chi connectivity index (χ1v) is 8.73. The van der Waals surface area contributed by atoms with Crippen LogP contribution in [0.3, 0.4) is 0 Å². The lowest BCUT2D eigenvalue weighted by atomic mass is 10.4. The van der Waals surface area contributed by atoms with Gasteiger partial charge in [-0.05, 0) is 13.3 Å². The highest BCUT2D eigenvalue weighted by Crippen LogP contribution is 2.22. The van der Waals surface area contributed by atoms with E-state index in [0.29, 0.717) is 5.95 Å². The molecular formula is C12H17N5O2S2. The van der Waals surface area contributed by atoms with Gasteiger partial charge in [0.25, 0.3) is 0 Å². The molecule has 0 amide bonds. The third kappa shape index (κ3) is 3.74. The van der Waals surface area contributed by atoms with Crippen LogP contribution in [0.1, 0.15) is 29.8 Å². The number of sulfonamides is 1. The van der Waals surface area contributed by atoms with Crippen molar-refractivity contribution in [3.05, 3.63) is 28.5 Å². The predicted molar refractivity (Wildman–Crippen MR) is 81.8 cm³/mol. The fraction of sp³-hybridized carbons (Fsp3) is 0.417. The van der Waals surface area contributed by atoms with Crippen LogP contribution >= 0.6 is 11.3 Å². The van der Waals surface area contributed by atoms with Crippen molar-refractivity contribution in [3.63, 3.8) is 0 Å². The van der Waals surface area contributed by atoms with Gasteiger partial charge in [-0.25, -0.2) is 28.1 Å². The highest BCUT2D eigenvalue weighted by atomic mass is 32.2. The Kier molecular flexibility index (Phi) is 4.86. The molecule has 9 heteroatoms. The van der Waals surface area contributed by atoms with E-state index >= 15 is 0 Å². The zero-order chi connectivity index (χ0) is 15.5. The number of nitrogens with one attached hydrogen (secondary N) is 2. The molecule has 21 heavy (non-hydrogen) atoms.